The second kappa shape index (κ2) is 8.99. The molecule has 0 aliphatic carbocycles. The van der Waals surface area contributed by atoms with E-state index >= 15 is 0 Å². The fourth-order valence-corrected chi connectivity index (χ4v) is 3.47. The topological polar surface area (TPSA) is 63.9 Å². The fourth-order valence-electron chi connectivity index (χ4n) is 3.18. The van der Waals surface area contributed by atoms with Gasteiger partial charge in [-0.3, -0.25) is 4.79 Å². The molecule has 170 valence electrons. The summed E-state index contributed by atoms with van der Waals surface area (Å²) in [6.45, 7) is -0.0857. The van der Waals surface area contributed by atoms with Crippen LogP contribution < -0.4 is 19.7 Å². The highest BCUT2D eigenvalue weighted by molar-refractivity contribution is 7.80. The van der Waals surface area contributed by atoms with E-state index in [1.807, 2.05) is 0 Å². The van der Waals surface area contributed by atoms with Crippen molar-refractivity contribution in [3.05, 3.63) is 83.4 Å². The number of anilines is 1. The molecule has 1 aromatic heterocycles. The number of para-hydroxylation sites is 2. The number of hydrogen-bond donors (Lipinski definition) is 1. The van der Waals surface area contributed by atoms with Crippen molar-refractivity contribution in [1.82, 2.24) is 5.32 Å². The van der Waals surface area contributed by atoms with Gasteiger partial charge in [-0.2, -0.15) is 13.2 Å². The van der Waals surface area contributed by atoms with E-state index in [4.69, 9.17) is 26.1 Å². The molecule has 4 rings (SSSR count). The number of ether oxygens (including phenoxy) is 2. The lowest BCUT2D eigenvalue weighted by molar-refractivity contribution is -0.137. The Labute approximate surface area is 192 Å². The van der Waals surface area contributed by atoms with E-state index in [1.165, 1.54) is 30.2 Å². The van der Waals surface area contributed by atoms with Crippen molar-refractivity contribution in [2.75, 3.05) is 12.0 Å². The molecule has 2 heterocycles. The summed E-state index contributed by atoms with van der Waals surface area (Å²) in [5, 5.41) is 3.05. The maximum absolute atomic E-state index is 12.9. The van der Waals surface area contributed by atoms with Gasteiger partial charge >= 0.3 is 6.18 Å². The molecule has 1 fully saturated rings. The second-order valence-electron chi connectivity index (χ2n) is 6.92. The van der Waals surface area contributed by atoms with Crippen LogP contribution in [-0.4, -0.2) is 18.1 Å². The average Bonchev–Trinajstić information content (AvgIpc) is 3.35. The molecule has 0 unspecified atom stereocenters. The minimum atomic E-state index is -4.46. The van der Waals surface area contributed by atoms with Gasteiger partial charge in [-0.05, 0) is 54.7 Å². The molecule has 1 saturated heterocycles. The molecule has 33 heavy (non-hydrogen) atoms. The van der Waals surface area contributed by atoms with Gasteiger partial charge in [0.15, 0.2) is 5.11 Å². The van der Waals surface area contributed by atoms with Gasteiger partial charge in [0.25, 0.3) is 5.91 Å². The van der Waals surface area contributed by atoms with Gasteiger partial charge in [-0.25, -0.2) is 4.90 Å². The summed E-state index contributed by atoms with van der Waals surface area (Å²) in [7, 11) is 1.50. The Morgan fingerprint density at radius 3 is 2.67 bits per heavy atom. The normalized spacial score (nSPS) is 15.2. The number of furan rings is 1. The molecule has 1 aliphatic heterocycles. The van der Waals surface area contributed by atoms with E-state index in [-0.39, 0.29) is 29.1 Å². The summed E-state index contributed by atoms with van der Waals surface area (Å²) >= 11 is 5.30. The molecular formula is C23H17F3N2O4S. The SMILES string of the molecule is COc1ccccc1N1C(=O)/C(=C\c2ccc(COc3cccc(C(F)(F)F)c3)o2)NC1=S. The summed E-state index contributed by atoms with van der Waals surface area (Å²) in [6, 6.07) is 14.8. The number of thiocarbonyl (C=S) groups is 1. The summed E-state index contributed by atoms with van der Waals surface area (Å²) in [6.07, 6.45) is -2.97. The van der Waals surface area contributed by atoms with Gasteiger partial charge < -0.3 is 19.2 Å². The quantitative estimate of drug-likeness (QED) is 0.394. The van der Waals surface area contributed by atoms with Crippen molar-refractivity contribution in [2.45, 2.75) is 12.8 Å². The summed E-state index contributed by atoms with van der Waals surface area (Å²) < 4.78 is 54.8. The first-order valence-corrected chi connectivity index (χ1v) is 10.1. The van der Waals surface area contributed by atoms with Gasteiger partial charge in [-0.1, -0.05) is 18.2 Å². The monoisotopic (exact) mass is 474 g/mol. The number of amides is 1. The Morgan fingerprint density at radius 2 is 1.91 bits per heavy atom. The van der Waals surface area contributed by atoms with E-state index in [2.05, 4.69) is 5.32 Å². The van der Waals surface area contributed by atoms with Crippen molar-refractivity contribution in [3.8, 4) is 11.5 Å². The van der Waals surface area contributed by atoms with Crippen LogP contribution in [0.5, 0.6) is 11.5 Å². The van der Waals surface area contributed by atoms with E-state index in [0.29, 0.717) is 23.0 Å². The zero-order chi connectivity index (χ0) is 23.6. The smallest absolute Gasteiger partial charge is 0.416 e. The molecule has 0 spiro atoms. The van der Waals surface area contributed by atoms with Crippen LogP contribution in [0, 0.1) is 0 Å². The van der Waals surface area contributed by atoms with Crippen molar-refractivity contribution < 1.29 is 31.9 Å². The van der Waals surface area contributed by atoms with Gasteiger partial charge in [0, 0.05) is 6.08 Å². The van der Waals surface area contributed by atoms with Crippen LogP contribution >= 0.6 is 12.2 Å². The number of alkyl halides is 3. The fraction of sp³-hybridized carbons (Fsp3) is 0.130. The number of nitrogens with zero attached hydrogens (tertiary/aromatic N) is 1. The molecule has 10 heteroatoms. The number of benzene rings is 2. The number of halogens is 3. The Hall–Kier alpha value is -3.79. The highest BCUT2D eigenvalue weighted by atomic mass is 32.1. The van der Waals surface area contributed by atoms with E-state index in [0.717, 1.165) is 12.1 Å². The van der Waals surface area contributed by atoms with Crippen LogP contribution in [0.25, 0.3) is 6.08 Å². The van der Waals surface area contributed by atoms with E-state index < -0.39 is 11.7 Å². The van der Waals surface area contributed by atoms with Crippen LogP contribution in [0.2, 0.25) is 0 Å². The Morgan fingerprint density at radius 1 is 1.12 bits per heavy atom. The molecule has 0 bridgehead atoms. The van der Waals surface area contributed by atoms with Crippen molar-refractivity contribution in [2.24, 2.45) is 0 Å². The third kappa shape index (κ3) is 4.85. The lowest BCUT2D eigenvalue weighted by Crippen LogP contribution is -2.30. The third-order valence-electron chi connectivity index (χ3n) is 4.72. The molecule has 0 saturated carbocycles. The first-order chi connectivity index (χ1) is 15.8. The minimum absolute atomic E-state index is 0.0616. The standard InChI is InChI=1S/C23H17F3N2O4S/c1-30-20-8-3-2-7-19(20)28-21(29)18(27-22(28)33)12-16-9-10-17(32-16)13-31-15-6-4-5-14(11-15)23(24,25)26/h2-12H,13H2,1H3,(H,27,33)/b18-12+. The van der Waals surface area contributed by atoms with Gasteiger partial charge in [0.1, 0.15) is 35.3 Å². The first kappa shape index (κ1) is 22.4. The maximum Gasteiger partial charge on any atom is 0.416 e. The third-order valence-corrected chi connectivity index (χ3v) is 5.00. The molecule has 0 radical (unpaired) electrons. The largest absolute Gasteiger partial charge is 0.495 e. The Kier molecular flexibility index (Phi) is 6.10. The van der Waals surface area contributed by atoms with Crippen molar-refractivity contribution in [1.29, 1.82) is 0 Å². The van der Waals surface area contributed by atoms with Crippen LogP contribution in [0.1, 0.15) is 17.1 Å². The summed E-state index contributed by atoms with van der Waals surface area (Å²) in [4.78, 5) is 14.2. The Bertz CT molecular complexity index is 1240. The van der Waals surface area contributed by atoms with Crippen molar-refractivity contribution >= 4 is 35.0 Å². The summed E-state index contributed by atoms with van der Waals surface area (Å²) in [5.74, 6) is 0.879. The minimum Gasteiger partial charge on any atom is -0.495 e. The molecule has 2 aromatic carbocycles. The number of carbonyl (C=O) groups excluding carboxylic acids is 1. The zero-order valence-corrected chi connectivity index (χ0v) is 18.0. The van der Waals surface area contributed by atoms with Crippen LogP contribution in [0.15, 0.2) is 70.8 Å². The predicted molar refractivity (Wildman–Crippen MR) is 119 cm³/mol. The number of carbonyl (C=O) groups is 1. The lowest BCUT2D eigenvalue weighted by Gasteiger charge is -2.17. The number of methoxy groups -OCH3 is 1. The molecule has 6 nitrogen and oxygen atoms in total. The predicted octanol–water partition coefficient (Wildman–Crippen LogP) is 5.15. The number of hydrogen-bond acceptors (Lipinski definition) is 5. The van der Waals surface area contributed by atoms with Crippen LogP contribution in [0.4, 0.5) is 18.9 Å². The second-order valence-corrected chi connectivity index (χ2v) is 7.31. The number of nitrogens with one attached hydrogen (secondary N) is 1. The average molecular weight is 474 g/mol. The van der Waals surface area contributed by atoms with E-state index in [1.54, 1.807) is 36.4 Å². The first-order valence-electron chi connectivity index (χ1n) is 9.65. The molecule has 3 aromatic rings. The van der Waals surface area contributed by atoms with Gasteiger partial charge in [0.05, 0.1) is 18.4 Å². The number of rotatable bonds is 6. The van der Waals surface area contributed by atoms with Crippen LogP contribution in [0.3, 0.4) is 0 Å². The molecule has 1 aliphatic rings. The Balaban J connectivity index is 1.47. The molecule has 1 N–H and O–H groups in total. The summed E-state index contributed by atoms with van der Waals surface area (Å²) in [5.41, 5.74) is -0.0996. The van der Waals surface area contributed by atoms with Gasteiger partial charge in [-0.15, -0.1) is 0 Å². The molecule has 1 amide bonds. The highest BCUT2D eigenvalue weighted by Crippen LogP contribution is 2.32. The highest BCUT2D eigenvalue weighted by Gasteiger charge is 2.34. The van der Waals surface area contributed by atoms with Crippen molar-refractivity contribution in [3.63, 3.8) is 0 Å². The molecule has 0 atom stereocenters. The van der Waals surface area contributed by atoms with E-state index in [9.17, 15) is 18.0 Å². The molecular weight excluding hydrogens is 457 g/mol. The maximum atomic E-state index is 12.9. The van der Waals surface area contributed by atoms with Crippen LogP contribution in [-0.2, 0) is 17.6 Å². The zero-order valence-electron chi connectivity index (χ0n) is 17.2. The lowest BCUT2D eigenvalue weighted by atomic mass is 10.2. The van der Waals surface area contributed by atoms with Gasteiger partial charge in [0.2, 0.25) is 0 Å².